The van der Waals surface area contributed by atoms with E-state index in [4.69, 9.17) is 13.1 Å². The smallest absolute Gasteiger partial charge is 0.232 e. The third-order valence-electron chi connectivity index (χ3n) is 4.86. The number of aryl methyl sites for hydroxylation is 1. The Hall–Kier alpha value is -4.92. The van der Waals surface area contributed by atoms with E-state index in [1.807, 2.05) is 6.92 Å². The van der Waals surface area contributed by atoms with E-state index in [0.29, 0.717) is 5.56 Å². The molecule has 33 heavy (non-hydrogen) atoms. The van der Waals surface area contributed by atoms with Crippen molar-refractivity contribution in [3.8, 4) is 23.3 Å². The minimum Gasteiger partial charge on any atom is -0.232 e. The summed E-state index contributed by atoms with van der Waals surface area (Å²) in [7, 11) is 0. The molecule has 0 unspecified atom stereocenters. The van der Waals surface area contributed by atoms with E-state index in [1.54, 1.807) is 36.4 Å². The molecule has 0 heterocycles. The number of benzene rings is 3. The Morgan fingerprint density at radius 1 is 0.848 bits per heavy atom. The van der Waals surface area contributed by atoms with Crippen molar-refractivity contribution in [3.05, 3.63) is 110 Å². The summed E-state index contributed by atoms with van der Waals surface area (Å²) in [6.45, 7) is 15.7. The van der Waals surface area contributed by atoms with Gasteiger partial charge in [0.2, 0.25) is 0 Å². The van der Waals surface area contributed by atoms with Gasteiger partial charge in [-0.25, -0.2) is 32.5 Å². The Balaban J connectivity index is 2.59. The molecule has 0 radical (unpaired) electrons. The van der Waals surface area contributed by atoms with E-state index in [1.165, 1.54) is 18.2 Å². The fourth-order valence-corrected chi connectivity index (χ4v) is 3.22. The van der Waals surface area contributed by atoms with Crippen LogP contribution in [0.25, 0.3) is 32.1 Å². The summed E-state index contributed by atoms with van der Waals surface area (Å²) >= 11 is 0. The van der Waals surface area contributed by atoms with Crippen LogP contribution < -0.4 is 10.4 Å². The van der Waals surface area contributed by atoms with Gasteiger partial charge >= 0.3 is 0 Å². The average Bonchev–Trinajstić information content (AvgIpc) is 2.82. The van der Waals surface area contributed by atoms with Crippen LogP contribution in [0, 0.1) is 66.0 Å². The zero-order valence-electron chi connectivity index (χ0n) is 16.8. The molecule has 0 saturated carbocycles. The van der Waals surface area contributed by atoms with Crippen molar-refractivity contribution in [1.82, 2.24) is 0 Å². The summed E-state index contributed by atoms with van der Waals surface area (Å²) in [6, 6.07) is 14.0. The third-order valence-corrected chi connectivity index (χ3v) is 4.86. The third kappa shape index (κ3) is 3.90. The molecule has 3 aromatic rings. The summed E-state index contributed by atoms with van der Waals surface area (Å²) in [6.07, 6.45) is 0. The molecule has 0 amide bonds. The lowest BCUT2D eigenvalue weighted by molar-refractivity contribution is 0.457. The molecule has 158 valence electrons. The minimum atomic E-state index is -1.91. The first-order valence-corrected chi connectivity index (χ1v) is 9.16. The Labute approximate surface area is 185 Å². The van der Waals surface area contributed by atoms with Crippen LogP contribution in [0.4, 0.5) is 23.2 Å². The fourth-order valence-electron chi connectivity index (χ4n) is 3.22. The van der Waals surface area contributed by atoms with Crippen molar-refractivity contribution in [2.24, 2.45) is 0 Å². The largest absolute Gasteiger partial charge is 0.268 e. The average molecular weight is 442 g/mol. The maximum absolute atomic E-state index is 14.7. The van der Waals surface area contributed by atoms with Crippen molar-refractivity contribution in [1.29, 1.82) is 10.5 Å². The summed E-state index contributed by atoms with van der Waals surface area (Å²) in [5, 5.41) is 19.0. The second kappa shape index (κ2) is 9.06. The molecule has 4 nitrogen and oxygen atoms in total. The molecule has 0 atom stereocenters. The summed E-state index contributed by atoms with van der Waals surface area (Å²) < 4.78 is 58.0. The summed E-state index contributed by atoms with van der Waals surface area (Å²) in [4.78, 5) is 5.62. The standard InChI is InChI=1S/C25H10F4N4/c1-13-4-6-14(7-5-13)17-10-15(19(12-31)32-2)8-9-16(17)18(11-30)20-21(26)23(28)25(33-3)24(29)22(20)27/h4-10H,1H3/b18-16+,19-15+. The van der Waals surface area contributed by atoms with Crippen LogP contribution in [-0.4, -0.2) is 0 Å². The van der Waals surface area contributed by atoms with Crippen LogP contribution in [0.5, 0.6) is 0 Å². The van der Waals surface area contributed by atoms with E-state index < -0.39 is 40.1 Å². The van der Waals surface area contributed by atoms with Gasteiger partial charge in [0.1, 0.15) is 6.07 Å². The maximum atomic E-state index is 14.7. The number of nitriles is 2. The van der Waals surface area contributed by atoms with Gasteiger partial charge in [0, 0.05) is 5.22 Å². The lowest BCUT2D eigenvalue weighted by Crippen LogP contribution is -2.18. The van der Waals surface area contributed by atoms with Crippen molar-refractivity contribution in [3.63, 3.8) is 0 Å². The Kier molecular flexibility index (Phi) is 6.25. The van der Waals surface area contributed by atoms with E-state index in [0.717, 1.165) is 5.56 Å². The van der Waals surface area contributed by atoms with E-state index >= 15 is 0 Å². The van der Waals surface area contributed by atoms with Crippen LogP contribution in [0.2, 0.25) is 0 Å². The Bertz CT molecular complexity index is 1550. The quantitative estimate of drug-likeness (QED) is 0.317. The zero-order chi connectivity index (χ0) is 24.3. The number of hydrogen-bond acceptors (Lipinski definition) is 2. The predicted molar refractivity (Wildman–Crippen MR) is 112 cm³/mol. The zero-order valence-corrected chi connectivity index (χ0v) is 16.8. The number of halogens is 4. The molecule has 8 heteroatoms. The van der Waals surface area contributed by atoms with E-state index in [-0.39, 0.29) is 21.7 Å². The lowest BCUT2D eigenvalue weighted by Gasteiger charge is -2.11. The normalized spacial score (nSPS) is 12.0. The van der Waals surface area contributed by atoms with Crippen LogP contribution in [0.15, 0.2) is 42.5 Å². The highest BCUT2D eigenvalue weighted by molar-refractivity contribution is 5.83. The van der Waals surface area contributed by atoms with E-state index in [2.05, 4.69) is 9.69 Å². The van der Waals surface area contributed by atoms with Gasteiger partial charge < -0.3 is 0 Å². The predicted octanol–water partition coefficient (Wildman–Crippen LogP) is 5.04. The molecule has 0 N–H and O–H groups in total. The molecule has 0 aromatic heterocycles. The van der Waals surface area contributed by atoms with Gasteiger partial charge in [-0.2, -0.15) is 5.26 Å². The second-order valence-corrected chi connectivity index (χ2v) is 6.78. The van der Waals surface area contributed by atoms with Crippen LogP contribution in [0.3, 0.4) is 0 Å². The lowest BCUT2D eigenvalue weighted by atomic mass is 9.94. The fraction of sp³-hybridized carbons (Fsp3) is 0.0400. The summed E-state index contributed by atoms with van der Waals surface area (Å²) in [5.74, 6) is -7.57. The van der Waals surface area contributed by atoms with Crippen LogP contribution in [0.1, 0.15) is 11.1 Å². The number of hydrogen-bond donors (Lipinski definition) is 0. The minimum absolute atomic E-state index is 0.0838. The first-order valence-electron chi connectivity index (χ1n) is 9.16. The van der Waals surface area contributed by atoms with E-state index in [9.17, 15) is 28.1 Å². The Morgan fingerprint density at radius 3 is 1.94 bits per heavy atom. The van der Waals surface area contributed by atoms with Gasteiger partial charge in [0.25, 0.3) is 11.4 Å². The topological polar surface area (TPSA) is 56.3 Å². The molecule has 0 fully saturated rings. The second-order valence-electron chi connectivity index (χ2n) is 6.78. The van der Waals surface area contributed by atoms with Gasteiger partial charge in [-0.3, -0.25) is 0 Å². The Morgan fingerprint density at radius 2 is 1.45 bits per heavy atom. The SMILES string of the molecule is [C-]#[N+]/C(C#N)=c1\cc/c(=C(/C#N)c2c(F)c(F)c([N+]#[C-])c(F)c2F)c(-c2ccc(C)cc2)c1. The van der Waals surface area contributed by atoms with Gasteiger partial charge in [0.15, 0.2) is 23.3 Å². The van der Waals surface area contributed by atoms with Gasteiger partial charge in [-0.1, -0.05) is 48.0 Å². The van der Waals surface area contributed by atoms with Crippen LogP contribution in [-0.2, 0) is 0 Å². The molecule has 0 bridgehead atoms. The molecule has 0 aliphatic rings. The van der Waals surface area contributed by atoms with Gasteiger partial charge in [0.05, 0.1) is 30.4 Å². The molecule has 3 aromatic carbocycles. The van der Waals surface area contributed by atoms with Crippen LogP contribution >= 0.6 is 0 Å². The molecule has 0 aliphatic heterocycles. The molecule has 0 aliphatic carbocycles. The molecular formula is C25H10F4N4. The first-order chi connectivity index (χ1) is 15.8. The highest BCUT2D eigenvalue weighted by Crippen LogP contribution is 2.33. The van der Waals surface area contributed by atoms with Gasteiger partial charge in [-0.05, 0) is 23.3 Å². The molecular weight excluding hydrogens is 432 g/mol. The van der Waals surface area contributed by atoms with Crippen molar-refractivity contribution < 1.29 is 17.6 Å². The molecule has 3 rings (SSSR count). The highest BCUT2D eigenvalue weighted by atomic mass is 19.2. The monoisotopic (exact) mass is 442 g/mol. The van der Waals surface area contributed by atoms with Crippen molar-refractivity contribution >= 4 is 17.0 Å². The van der Waals surface area contributed by atoms with Crippen molar-refractivity contribution in [2.75, 3.05) is 0 Å². The molecule has 0 spiro atoms. The maximum Gasteiger partial charge on any atom is 0.268 e. The first kappa shape index (κ1) is 22.8. The summed E-state index contributed by atoms with van der Waals surface area (Å²) in [5.41, 5.74) is -2.13. The number of rotatable bonds is 2. The highest BCUT2D eigenvalue weighted by Gasteiger charge is 2.28. The number of nitrogens with zero attached hydrogens (tertiary/aromatic N) is 4. The molecule has 0 saturated heterocycles. The van der Waals surface area contributed by atoms with Gasteiger partial charge in [-0.15, -0.1) is 0 Å². The van der Waals surface area contributed by atoms with Crippen molar-refractivity contribution in [2.45, 2.75) is 6.92 Å².